The lowest BCUT2D eigenvalue weighted by molar-refractivity contribution is -0.137. The Hall–Kier alpha value is -4.08. The van der Waals surface area contributed by atoms with Gasteiger partial charge >= 0.3 is 6.18 Å². The van der Waals surface area contributed by atoms with Gasteiger partial charge in [-0.1, -0.05) is 30.3 Å². The third-order valence-electron chi connectivity index (χ3n) is 4.83. The van der Waals surface area contributed by atoms with Crippen LogP contribution in [-0.4, -0.2) is 36.9 Å². The van der Waals surface area contributed by atoms with E-state index in [1.807, 2.05) is 30.3 Å². The highest BCUT2D eigenvalue weighted by Crippen LogP contribution is 2.29. The van der Waals surface area contributed by atoms with E-state index >= 15 is 0 Å². The second-order valence-corrected chi connectivity index (χ2v) is 7.32. The Morgan fingerprint density at radius 1 is 0.824 bits per heavy atom. The molecule has 2 aromatic carbocycles. The van der Waals surface area contributed by atoms with Gasteiger partial charge in [-0.25, -0.2) is 0 Å². The van der Waals surface area contributed by atoms with Crippen LogP contribution in [0.2, 0.25) is 0 Å². The quantitative estimate of drug-likeness (QED) is 0.416. The second kappa shape index (κ2) is 11.2. The van der Waals surface area contributed by atoms with Crippen LogP contribution in [0.5, 0.6) is 0 Å². The summed E-state index contributed by atoms with van der Waals surface area (Å²) in [5, 5.41) is 7.81. The predicted molar refractivity (Wildman–Crippen MR) is 117 cm³/mol. The van der Waals surface area contributed by atoms with Crippen LogP contribution in [0.4, 0.5) is 13.2 Å². The molecule has 1 heterocycles. The number of nitrogens with one attached hydrogen (secondary N) is 3. The number of hydrogen-bond donors (Lipinski definition) is 3. The molecule has 0 aliphatic carbocycles. The first-order valence-corrected chi connectivity index (χ1v) is 10.4. The summed E-state index contributed by atoms with van der Waals surface area (Å²) in [6.07, 6.45) is -2.90. The van der Waals surface area contributed by atoms with Gasteiger partial charge in [0.2, 0.25) is 5.91 Å². The van der Waals surface area contributed by atoms with E-state index in [9.17, 15) is 27.6 Å². The monoisotopic (exact) mass is 473 g/mol. The Morgan fingerprint density at radius 3 is 2.12 bits per heavy atom. The molecule has 0 aliphatic rings. The van der Waals surface area contributed by atoms with Gasteiger partial charge in [0, 0.05) is 25.1 Å². The van der Waals surface area contributed by atoms with Crippen molar-refractivity contribution in [1.29, 1.82) is 0 Å². The molecular weight excluding hydrogens is 451 g/mol. The molecule has 0 radical (unpaired) electrons. The zero-order chi connectivity index (χ0) is 24.6. The summed E-state index contributed by atoms with van der Waals surface area (Å²) in [5.74, 6) is -1.52. The molecule has 0 saturated carbocycles. The number of amides is 3. The molecule has 1 unspecified atom stereocenters. The first kappa shape index (κ1) is 24.6. The summed E-state index contributed by atoms with van der Waals surface area (Å²) in [6.45, 7) is 0.0862. The normalized spacial score (nSPS) is 12.0. The minimum Gasteiger partial charge on any atom is -0.459 e. The Balaban J connectivity index is 1.53. The number of carbonyl (C=O) groups excluding carboxylic acids is 3. The van der Waals surface area contributed by atoms with E-state index in [1.54, 1.807) is 6.07 Å². The Labute approximate surface area is 193 Å². The van der Waals surface area contributed by atoms with E-state index in [-0.39, 0.29) is 30.8 Å². The van der Waals surface area contributed by atoms with Crippen LogP contribution in [0.15, 0.2) is 77.4 Å². The van der Waals surface area contributed by atoms with Gasteiger partial charge in [0.1, 0.15) is 6.04 Å². The summed E-state index contributed by atoms with van der Waals surface area (Å²) >= 11 is 0. The van der Waals surface area contributed by atoms with Crippen LogP contribution >= 0.6 is 0 Å². The molecule has 0 saturated heterocycles. The van der Waals surface area contributed by atoms with Crippen molar-refractivity contribution in [2.75, 3.05) is 13.1 Å². The fourth-order valence-corrected chi connectivity index (χ4v) is 3.09. The summed E-state index contributed by atoms with van der Waals surface area (Å²) in [4.78, 5) is 37.2. The molecule has 1 aromatic heterocycles. The molecule has 0 aliphatic heterocycles. The number of furan rings is 1. The van der Waals surface area contributed by atoms with Gasteiger partial charge in [-0.15, -0.1) is 0 Å². The fourth-order valence-electron chi connectivity index (χ4n) is 3.09. The first-order valence-electron chi connectivity index (χ1n) is 10.4. The zero-order valence-corrected chi connectivity index (χ0v) is 17.9. The summed E-state index contributed by atoms with van der Waals surface area (Å²) in [7, 11) is 0. The molecule has 178 valence electrons. The van der Waals surface area contributed by atoms with E-state index < -0.39 is 35.5 Å². The van der Waals surface area contributed by atoms with Crippen molar-refractivity contribution >= 4 is 17.7 Å². The van der Waals surface area contributed by atoms with Crippen LogP contribution < -0.4 is 16.0 Å². The number of benzene rings is 2. The molecule has 3 N–H and O–H groups in total. The van der Waals surface area contributed by atoms with Crippen LogP contribution in [0, 0.1) is 0 Å². The number of halogens is 3. The standard InChI is InChI=1S/C24H22F3N3O4/c25-24(26,27)18-10-8-17(9-11-18)21(31)28-12-13-29-22(32)19(15-16-5-2-1-3-6-16)30-23(33)20-7-4-14-34-20/h1-11,14,19H,12-13,15H2,(H,28,31)(H,29,32)(H,30,33). The van der Waals surface area contributed by atoms with E-state index in [1.165, 1.54) is 12.3 Å². The average molecular weight is 473 g/mol. The predicted octanol–water partition coefficient (Wildman–Crippen LogP) is 3.19. The van der Waals surface area contributed by atoms with Gasteiger partial charge < -0.3 is 20.4 Å². The SMILES string of the molecule is O=C(NCCNC(=O)C(Cc1ccccc1)NC(=O)c1ccco1)c1ccc(C(F)(F)F)cc1. The maximum absolute atomic E-state index is 12.7. The lowest BCUT2D eigenvalue weighted by atomic mass is 10.1. The van der Waals surface area contributed by atoms with Crippen molar-refractivity contribution in [3.63, 3.8) is 0 Å². The lowest BCUT2D eigenvalue weighted by Crippen LogP contribution is -2.49. The van der Waals surface area contributed by atoms with E-state index in [4.69, 9.17) is 4.42 Å². The molecular formula is C24H22F3N3O4. The minimum atomic E-state index is -4.48. The minimum absolute atomic E-state index is 0.0375. The van der Waals surface area contributed by atoms with Crippen molar-refractivity contribution < 1.29 is 32.0 Å². The number of hydrogen-bond acceptors (Lipinski definition) is 4. The number of rotatable bonds is 9. The largest absolute Gasteiger partial charge is 0.459 e. The summed E-state index contributed by atoms with van der Waals surface area (Å²) in [5.41, 5.74) is 0.0439. The molecule has 10 heteroatoms. The third-order valence-corrected chi connectivity index (χ3v) is 4.83. The molecule has 0 fully saturated rings. The van der Waals surface area contributed by atoms with Crippen LogP contribution in [-0.2, 0) is 17.4 Å². The van der Waals surface area contributed by atoms with Crippen LogP contribution in [0.25, 0.3) is 0 Å². The van der Waals surface area contributed by atoms with E-state index in [0.717, 1.165) is 29.8 Å². The van der Waals surface area contributed by atoms with E-state index in [0.29, 0.717) is 0 Å². The number of carbonyl (C=O) groups is 3. The Kier molecular flexibility index (Phi) is 8.07. The Bertz CT molecular complexity index is 1100. The third kappa shape index (κ3) is 6.96. The molecule has 0 spiro atoms. The molecule has 3 aromatic rings. The lowest BCUT2D eigenvalue weighted by Gasteiger charge is -2.18. The summed E-state index contributed by atoms with van der Waals surface area (Å²) in [6, 6.07) is 15.1. The smallest absolute Gasteiger partial charge is 0.416 e. The van der Waals surface area contributed by atoms with Crippen molar-refractivity contribution in [2.24, 2.45) is 0 Å². The highest BCUT2D eigenvalue weighted by Gasteiger charge is 2.30. The van der Waals surface area contributed by atoms with Crippen LogP contribution in [0.1, 0.15) is 32.0 Å². The fraction of sp³-hybridized carbons (Fsp3) is 0.208. The molecule has 3 amide bonds. The highest BCUT2D eigenvalue weighted by atomic mass is 19.4. The van der Waals surface area contributed by atoms with Gasteiger partial charge in [0.15, 0.2) is 5.76 Å². The zero-order valence-electron chi connectivity index (χ0n) is 17.9. The van der Waals surface area contributed by atoms with Gasteiger partial charge in [-0.3, -0.25) is 14.4 Å². The molecule has 34 heavy (non-hydrogen) atoms. The van der Waals surface area contributed by atoms with Crippen LogP contribution in [0.3, 0.4) is 0 Å². The molecule has 0 bridgehead atoms. The van der Waals surface area contributed by atoms with Gasteiger partial charge in [0.05, 0.1) is 11.8 Å². The first-order chi connectivity index (χ1) is 16.2. The highest BCUT2D eigenvalue weighted by molar-refractivity contribution is 5.96. The van der Waals surface area contributed by atoms with Crippen molar-refractivity contribution in [1.82, 2.24) is 16.0 Å². The van der Waals surface area contributed by atoms with Gasteiger partial charge in [-0.05, 0) is 42.0 Å². The summed E-state index contributed by atoms with van der Waals surface area (Å²) < 4.78 is 43.0. The molecule has 3 rings (SSSR count). The average Bonchev–Trinajstić information content (AvgIpc) is 3.36. The van der Waals surface area contributed by atoms with Gasteiger partial charge in [0.25, 0.3) is 11.8 Å². The molecule has 7 nitrogen and oxygen atoms in total. The topological polar surface area (TPSA) is 100 Å². The van der Waals surface area contributed by atoms with Crippen molar-refractivity contribution in [3.8, 4) is 0 Å². The van der Waals surface area contributed by atoms with Gasteiger partial charge in [-0.2, -0.15) is 13.2 Å². The second-order valence-electron chi connectivity index (χ2n) is 7.32. The number of alkyl halides is 3. The molecule has 1 atom stereocenters. The van der Waals surface area contributed by atoms with E-state index in [2.05, 4.69) is 16.0 Å². The maximum Gasteiger partial charge on any atom is 0.416 e. The maximum atomic E-state index is 12.7. The van der Waals surface area contributed by atoms with Crippen molar-refractivity contribution in [2.45, 2.75) is 18.6 Å². The van der Waals surface area contributed by atoms with Crippen molar-refractivity contribution in [3.05, 3.63) is 95.4 Å². The Morgan fingerprint density at radius 2 is 1.50 bits per heavy atom.